The fraction of sp³-hybridized carbons (Fsp3) is 0.0455. The zero-order valence-corrected chi connectivity index (χ0v) is 14.2. The summed E-state index contributed by atoms with van der Waals surface area (Å²) in [5.41, 5.74) is 3.19. The highest BCUT2D eigenvalue weighted by atomic mass is 35.5. The minimum absolute atomic E-state index is 0.00986. The van der Waals surface area contributed by atoms with Crippen molar-refractivity contribution in [1.82, 2.24) is 0 Å². The molecule has 4 rings (SSSR count). The van der Waals surface area contributed by atoms with Crippen LogP contribution in [0.2, 0.25) is 5.02 Å². The van der Waals surface area contributed by atoms with Gasteiger partial charge in [0.05, 0.1) is 5.39 Å². The van der Waals surface area contributed by atoms with E-state index in [4.69, 9.17) is 16.0 Å². The average molecular weight is 347 g/mol. The maximum absolute atomic E-state index is 13.1. The van der Waals surface area contributed by atoms with Crippen molar-refractivity contribution < 1.29 is 4.42 Å². The summed E-state index contributed by atoms with van der Waals surface area (Å²) < 4.78 is 6.13. The lowest BCUT2D eigenvalue weighted by atomic mass is 9.98. The van der Waals surface area contributed by atoms with Gasteiger partial charge in [-0.25, -0.2) is 0 Å². The van der Waals surface area contributed by atoms with Crippen molar-refractivity contribution in [3.05, 3.63) is 105 Å². The molecule has 1 heterocycles. The first kappa shape index (κ1) is 15.7. The van der Waals surface area contributed by atoms with E-state index >= 15 is 0 Å². The van der Waals surface area contributed by atoms with Crippen molar-refractivity contribution in [3.63, 3.8) is 0 Å². The second kappa shape index (κ2) is 6.58. The molecule has 0 spiro atoms. The first-order chi connectivity index (χ1) is 12.2. The smallest absolute Gasteiger partial charge is 0.196 e. The summed E-state index contributed by atoms with van der Waals surface area (Å²) in [4.78, 5) is 13.1. The molecule has 0 aliphatic rings. The first-order valence-electron chi connectivity index (χ1n) is 8.07. The van der Waals surface area contributed by atoms with Crippen molar-refractivity contribution in [2.24, 2.45) is 0 Å². The Morgan fingerprint density at radius 3 is 2.24 bits per heavy atom. The Kier molecular flexibility index (Phi) is 4.12. The molecule has 3 heteroatoms. The predicted molar refractivity (Wildman–Crippen MR) is 102 cm³/mol. The highest BCUT2D eigenvalue weighted by molar-refractivity contribution is 6.30. The molecular formula is C22H15ClO2. The monoisotopic (exact) mass is 346 g/mol. The van der Waals surface area contributed by atoms with Crippen LogP contribution in [-0.2, 0) is 6.42 Å². The van der Waals surface area contributed by atoms with Crippen LogP contribution in [0.15, 0.2) is 88.1 Å². The van der Waals surface area contributed by atoms with Gasteiger partial charge in [-0.15, -0.1) is 0 Å². The van der Waals surface area contributed by atoms with E-state index in [2.05, 4.69) is 0 Å². The van der Waals surface area contributed by atoms with Gasteiger partial charge in [-0.3, -0.25) is 4.79 Å². The van der Waals surface area contributed by atoms with Crippen LogP contribution in [0.1, 0.15) is 11.1 Å². The lowest BCUT2D eigenvalue weighted by Crippen LogP contribution is -2.11. The van der Waals surface area contributed by atoms with Crippen LogP contribution in [0.5, 0.6) is 0 Å². The third-order valence-corrected chi connectivity index (χ3v) is 4.47. The Morgan fingerprint density at radius 2 is 1.48 bits per heavy atom. The molecule has 0 amide bonds. The van der Waals surface area contributed by atoms with Crippen LogP contribution in [0.25, 0.3) is 22.3 Å². The molecule has 2 nitrogen and oxygen atoms in total. The number of fused-ring (bicyclic) bond motifs is 1. The van der Waals surface area contributed by atoms with Crippen LogP contribution >= 0.6 is 11.6 Å². The second-order valence-electron chi connectivity index (χ2n) is 5.90. The first-order valence-corrected chi connectivity index (χ1v) is 8.45. The van der Waals surface area contributed by atoms with E-state index in [0.717, 1.165) is 11.1 Å². The molecule has 0 bridgehead atoms. The molecule has 122 valence electrons. The largest absolute Gasteiger partial charge is 0.456 e. The van der Waals surface area contributed by atoms with Gasteiger partial charge in [0.25, 0.3) is 0 Å². The van der Waals surface area contributed by atoms with Crippen LogP contribution in [0.4, 0.5) is 0 Å². The average Bonchev–Trinajstić information content (AvgIpc) is 2.66. The van der Waals surface area contributed by atoms with Gasteiger partial charge >= 0.3 is 0 Å². The summed E-state index contributed by atoms with van der Waals surface area (Å²) in [6.45, 7) is 0. The Labute approximate surface area is 150 Å². The summed E-state index contributed by atoms with van der Waals surface area (Å²) in [5, 5.41) is 1.28. The van der Waals surface area contributed by atoms with Crippen LogP contribution in [0, 0.1) is 0 Å². The van der Waals surface area contributed by atoms with E-state index in [1.807, 2.05) is 72.8 Å². The lowest BCUT2D eigenvalue weighted by Gasteiger charge is -2.10. The fourth-order valence-corrected chi connectivity index (χ4v) is 3.10. The van der Waals surface area contributed by atoms with E-state index < -0.39 is 0 Å². The second-order valence-corrected chi connectivity index (χ2v) is 6.34. The van der Waals surface area contributed by atoms with Gasteiger partial charge < -0.3 is 4.42 Å². The summed E-state index contributed by atoms with van der Waals surface area (Å²) in [6, 6.07) is 24.6. The summed E-state index contributed by atoms with van der Waals surface area (Å²) in [5.74, 6) is 0.624. The molecular weight excluding hydrogens is 332 g/mol. The number of hydrogen-bond acceptors (Lipinski definition) is 2. The molecule has 0 saturated carbocycles. The van der Waals surface area contributed by atoms with E-state index in [9.17, 15) is 4.79 Å². The molecule has 0 saturated heterocycles. The molecule has 4 aromatic rings. The predicted octanol–water partition coefficient (Wildman–Crippen LogP) is 5.70. The summed E-state index contributed by atoms with van der Waals surface area (Å²) in [7, 11) is 0. The normalized spacial score (nSPS) is 10.9. The molecule has 1 aromatic heterocycles. The molecule has 0 unspecified atom stereocenters. The van der Waals surface area contributed by atoms with Crippen molar-refractivity contribution in [2.75, 3.05) is 0 Å². The van der Waals surface area contributed by atoms with Gasteiger partial charge in [0, 0.05) is 22.6 Å². The molecule has 0 aliphatic carbocycles. The molecule has 3 aromatic carbocycles. The summed E-state index contributed by atoms with van der Waals surface area (Å²) >= 11 is 5.97. The van der Waals surface area contributed by atoms with Crippen LogP contribution in [-0.4, -0.2) is 0 Å². The van der Waals surface area contributed by atoms with E-state index in [0.29, 0.717) is 33.7 Å². The molecule has 0 aliphatic heterocycles. The Morgan fingerprint density at radius 1 is 0.800 bits per heavy atom. The highest BCUT2D eigenvalue weighted by Crippen LogP contribution is 2.27. The summed E-state index contributed by atoms with van der Waals surface area (Å²) in [6.07, 6.45) is 0.495. The molecule has 0 radical (unpaired) electrons. The van der Waals surface area contributed by atoms with Gasteiger partial charge in [0.2, 0.25) is 0 Å². The molecule has 0 atom stereocenters. The molecule has 0 N–H and O–H groups in total. The lowest BCUT2D eigenvalue weighted by molar-refractivity contribution is 0.611. The van der Waals surface area contributed by atoms with Gasteiger partial charge in [0.15, 0.2) is 5.43 Å². The zero-order valence-electron chi connectivity index (χ0n) is 13.4. The molecule has 25 heavy (non-hydrogen) atoms. The van der Waals surface area contributed by atoms with Crippen molar-refractivity contribution in [2.45, 2.75) is 6.42 Å². The minimum atomic E-state index is 0.00986. The van der Waals surface area contributed by atoms with Gasteiger partial charge in [-0.2, -0.15) is 0 Å². The van der Waals surface area contributed by atoms with E-state index in [1.165, 1.54) is 0 Å². The van der Waals surface area contributed by atoms with Crippen molar-refractivity contribution >= 4 is 22.6 Å². The number of para-hydroxylation sites is 1. The van der Waals surface area contributed by atoms with Crippen molar-refractivity contribution in [1.29, 1.82) is 0 Å². The highest BCUT2D eigenvalue weighted by Gasteiger charge is 2.16. The van der Waals surface area contributed by atoms with E-state index in [-0.39, 0.29) is 5.43 Å². The number of hydrogen-bond donors (Lipinski definition) is 0. The minimum Gasteiger partial charge on any atom is -0.456 e. The number of benzene rings is 3. The molecule has 0 fully saturated rings. The third-order valence-electron chi connectivity index (χ3n) is 4.22. The Balaban J connectivity index is 1.95. The van der Waals surface area contributed by atoms with Crippen LogP contribution in [0.3, 0.4) is 0 Å². The number of halogens is 1. The van der Waals surface area contributed by atoms with Crippen molar-refractivity contribution in [3.8, 4) is 11.3 Å². The maximum Gasteiger partial charge on any atom is 0.196 e. The maximum atomic E-state index is 13.1. The van der Waals surface area contributed by atoms with Gasteiger partial charge in [-0.05, 0) is 29.8 Å². The van der Waals surface area contributed by atoms with E-state index in [1.54, 1.807) is 6.07 Å². The number of rotatable bonds is 3. The topological polar surface area (TPSA) is 30.2 Å². The Hall–Kier alpha value is -2.84. The fourth-order valence-electron chi connectivity index (χ4n) is 2.97. The quantitative estimate of drug-likeness (QED) is 0.476. The Bertz CT molecular complexity index is 1080. The standard InChI is InChI=1S/C22H15ClO2/c23-17-12-10-15(11-13-17)14-19-21(24)18-8-4-5-9-20(18)25-22(19)16-6-2-1-3-7-16/h1-13H,14H2. The van der Waals surface area contributed by atoms with Gasteiger partial charge in [0.1, 0.15) is 11.3 Å². The SMILES string of the molecule is O=c1c(Cc2ccc(Cl)cc2)c(-c2ccccc2)oc2ccccc12. The van der Waals surface area contributed by atoms with Gasteiger partial charge in [-0.1, -0.05) is 66.2 Å². The third kappa shape index (κ3) is 3.09. The zero-order chi connectivity index (χ0) is 17.2. The van der Waals surface area contributed by atoms with Crippen LogP contribution < -0.4 is 5.43 Å².